The van der Waals surface area contributed by atoms with Crippen LogP contribution >= 0.6 is 23.4 Å². The monoisotopic (exact) mass is 470 g/mol. The van der Waals surface area contributed by atoms with E-state index in [0.717, 1.165) is 4.90 Å². The summed E-state index contributed by atoms with van der Waals surface area (Å²) in [5.41, 5.74) is 1.03. The van der Waals surface area contributed by atoms with Gasteiger partial charge in [0.2, 0.25) is 5.91 Å². The summed E-state index contributed by atoms with van der Waals surface area (Å²) in [5, 5.41) is 15.1. The first-order chi connectivity index (χ1) is 15.4. The Bertz CT molecular complexity index is 1170. The lowest BCUT2D eigenvalue weighted by molar-refractivity contribution is -0.113. The fourth-order valence-electron chi connectivity index (χ4n) is 2.82. The van der Waals surface area contributed by atoms with E-state index in [4.69, 9.17) is 16.3 Å². The Morgan fingerprint density at radius 3 is 2.34 bits per heavy atom. The number of rotatable bonds is 8. The average molecular weight is 471 g/mol. The summed E-state index contributed by atoms with van der Waals surface area (Å²) in [7, 11) is 1.51. The van der Waals surface area contributed by atoms with Crippen LogP contribution in [-0.2, 0) is 4.79 Å². The van der Waals surface area contributed by atoms with E-state index >= 15 is 0 Å². The first kappa shape index (κ1) is 23.2. The fraction of sp³-hybridized carbons (Fsp3) is 0.0870. The lowest BCUT2D eigenvalue weighted by Crippen LogP contribution is -2.16. The predicted molar refractivity (Wildman–Crippen MR) is 125 cm³/mol. The van der Waals surface area contributed by atoms with E-state index in [0.29, 0.717) is 22.1 Å². The Hall–Kier alpha value is -3.49. The van der Waals surface area contributed by atoms with Crippen molar-refractivity contribution >= 4 is 52.5 Å². The predicted octanol–water partition coefficient (Wildman–Crippen LogP) is 5.03. The van der Waals surface area contributed by atoms with E-state index in [9.17, 15) is 19.5 Å². The lowest BCUT2D eigenvalue weighted by Gasteiger charge is -2.10. The maximum atomic E-state index is 12.5. The molecular formula is C23H19ClN2O5S. The summed E-state index contributed by atoms with van der Waals surface area (Å²) in [6.07, 6.45) is 0. The molecule has 0 aromatic heterocycles. The number of carboxylic acids is 1. The first-order valence-electron chi connectivity index (χ1n) is 9.37. The molecule has 0 aliphatic heterocycles. The number of benzene rings is 3. The third-order valence-corrected chi connectivity index (χ3v) is 5.59. The number of hydrogen-bond acceptors (Lipinski definition) is 5. The van der Waals surface area contributed by atoms with Crippen molar-refractivity contribution < 1.29 is 24.2 Å². The molecule has 2 amide bonds. The number of carbonyl (C=O) groups is 3. The van der Waals surface area contributed by atoms with E-state index in [1.165, 1.54) is 31.0 Å². The summed E-state index contributed by atoms with van der Waals surface area (Å²) in [5.74, 6) is -1.27. The molecular weight excluding hydrogens is 452 g/mol. The summed E-state index contributed by atoms with van der Waals surface area (Å²) in [4.78, 5) is 36.9. The van der Waals surface area contributed by atoms with E-state index in [2.05, 4.69) is 10.6 Å². The quantitative estimate of drug-likeness (QED) is 0.399. The molecule has 3 aromatic carbocycles. The largest absolute Gasteiger partial charge is 0.495 e. The van der Waals surface area contributed by atoms with Crippen LogP contribution in [0.25, 0.3) is 0 Å². The molecule has 3 N–H and O–H groups in total. The molecule has 32 heavy (non-hydrogen) atoms. The minimum absolute atomic E-state index is 0.0654. The third-order valence-electron chi connectivity index (χ3n) is 4.30. The molecule has 0 spiro atoms. The molecule has 0 bridgehead atoms. The molecule has 0 aliphatic rings. The Kier molecular flexibility index (Phi) is 7.75. The zero-order chi connectivity index (χ0) is 23.1. The minimum Gasteiger partial charge on any atom is -0.495 e. The smallest absolute Gasteiger partial charge is 0.336 e. The Balaban J connectivity index is 1.60. The standard InChI is InChI=1S/C23H19ClN2O5S/c1-31-20-10-9-15(12-19(20)24)25-21(27)13-32-16-6-4-5-14(11-16)26-22(28)17-7-2-3-8-18(17)23(29)30/h2-12H,13H2,1H3,(H,25,27)(H,26,28)(H,29,30). The Labute approximate surface area is 193 Å². The normalized spacial score (nSPS) is 10.3. The number of thioether (sulfide) groups is 1. The highest BCUT2D eigenvalue weighted by atomic mass is 35.5. The van der Waals surface area contributed by atoms with E-state index in [-0.39, 0.29) is 22.8 Å². The number of aromatic carboxylic acids is 1. The SMILES string of the molecule is COc1ccc(NC(=O)CSc2cccc(NC(=O)c3ccccc3C(=O)O)c2)cc1Cl. The van der Waals surface area contributed by atoms with Crippen molar-refractivity contribution in [1.82, 2.24) is 0 Å². The number of carboxylic acid groups (broad SMARTS) is 1. The van der Waals surface area contributed by atoms with Crippen molar-refractivity contribution in [2.75, 3.05) is 23.5 Å². The van der Waals surface area contributed by atoms with Gasteiger partial charge in [0.1, 0.15) is 5.75 Å². The van der Waals surface area contributed by atoms with Gasteiger partial charge in [-0.2, -0.15) is 0 Å². The number of nitrogens with one attached hydrogen (secondary N) is 2. The van der Waals surface area contributed by atoms with Crippen LogP contribution in [0.1, 0.15) is 20.7 Å². The van der Waals surface area contributed by atoms with Crippen molar-refractivity contribution in [3.63, 3.8) is 0 Å². The molecule has 0 unspecified atom stereocenters. The first-order valence-corrected chi connectivity index (χ1v) is 10.7. The molecule has 0 saturated heterocycles. The topological polar surface area (TPSA) is 105 Å². The molecule has 3 aromatic rings. The highest BCUT2D eigenvalue weighted by molar-refractivity contribution is 8.00. The molecule has 0 fully saturated rings. The number of amides is 2. The molecule has 0 saturated carbocycles. The second kappa shape index (κ2) is 10.7. The van der Waals surface area contributed by atoms with Crippen LogP contribution in [-0.4, -0.2) is 35.8 Å². The number of carbonyl (C=O) groups excluding carboxylic acids is 2. The Morgan fingerprint density at radius 1 is 0.938 bits per heavy atom. The molecule has 9 heteroatoms. The van der Waals surface area contributed by atoms with E-state index in [1.807, 2.05) is 6.07 Å². The average Bonchev–Trinajstić information content (AvgIpc) is 2.78. The van der Waals surface area contributed by atoms with Gasteiger partial charge in [0.25, 0.3) is 5.91 Å². The molecule has 164 valence electrons. The highest BCUT2D eigenvalue weighted by Gasteiger charge is 2.16. The van der Waals surface area contributed by atoms with Gasteiger partial charge in [0.05, 0.1) is 29.0 Å². The van der Waals surface area contributed by atoms with Crippen molar-refractivity contribution in [2.45, 2.75) is 4.90 Å². The maximum Gasteiger partial charge on any atom is 0.336 e. The van der Waals surface area contributed by atoms with Gasteiger partial charge in [-0.3, -0.25) is 9.59 Å². The number of methoxy groups -OCH3 is 1. The zero-order valence-corrected chi connectivity index (χ0v) is 18.5. The zero-order valence-electron chi connectivity index (χ0n) is 16.9. The number of ether oxygens (including phenoxy) is 1. The molecule has 7 nitrogen and oxygen atoms in total. The summed E-state index contributed by atoms with van der Waals surface area (Å²) in [6.45, 7) is 0. The van der Waals surface area contributed by atoms with Crippen LogP contribution in [0.15, 0.2) is 71.6 Å². The van der Waals surface area contributed by atoms with Crippen molar-refractivity contribution in [1.29, 1.82) is 0 Å². The number of hydrogen-bond donors (Lipinski definition) is 3. The molecule has 0 aliphatic carbocycles. The van der Waals surface area contributed by atoms with Crippen LogP contribution < -0.4 is 15.4 Å². The summed E-state index contributed by atoms with van der Waals surface area (Å²) >= 11 is 7.36. The van der Waals surface area contributed by atoms with Crippen LogP contribution in [0, 0.1) is 0 Å². The van der Waals surface area contributed by atoms with Crippen LogP contribution in [0.3, 0.4) is 0 Å². The Morgan fingerprint density at radius 2 is 1.66 bits per heavy atom. The third kappa shape index (κ3) is 6.03. The van der Waals surface area contributed by atoms with Gasteiger partial charge >= 0.3 is 5.97 Å². The highest BCUT2D eigenvalue weighted by Crippen LogP contribution is 2.28. The van der Waals surface area contributed by atoms with Gasteiger partial charge in [0.15, 0.2) is 0 Å². The minimum atomic E-state index is -1.18. The molecule has 3 rings (SSSR count). The van der Waals surface area contributed by atoms with Gasteiger partial charge in [-0.25, -0.2) is 4.79 Å². The van der Waals surface area contributed by atoms with E-state index < -0.39 is 11.9 Å². The second-order valence-electron chi connectivity index (χ2n) is 6.52. The van der Waals surface area contributed by atoms with Crippen LogP contribution in [0.2, 0.25) is 5.02 Å². The van der Waals surface area contributed by atoms with Gasteiger partial charge < -0.3 is 20.5 Å². The molecule has 0 heterocycles. The maximum absolute atomic E-state index is 12.5. The summed E-state index contributed by atoms with van der Waals surface area (Å²) < 4.78 is 5.09. The van der Waals surface area contributed by atoms with Crippen molar-refractivity contribution in [3.05, 3.63) is 82.9 Å². The van der Waals surface area contributed by atoms with Crippen molar-refractivity contribution in [3.8, 4) is 5.75 Å². The van der Waals surface area contributed by atoms with Crippen molar-refractivity contribution in [2.24, 2.45) is 0 Å². The lowest BCUT2D eigenvalue weighted by atomic mass is 10.1. The summed E-state index contributed by atoms with van der Waals surface area (Å²) in [6, 6.07) is 17.9. The molecule has 0 radical (unpaired) electrons. The van der Waals surface area contributed by atoms with Crippen LogP contribution in [0.4, 0.5) is 11.4 Å². The van der Waals surface area contributed by atoms with Gasteiger partial charge in [0, 0.05) is 16.3 Å². The number of anilines is 2. The fourth-order valence-corrected chi connectivity index (χ4v) is 3.83. The second-order valence-corrected chi connectivity index (χ2v) is 7.97. The van der Waals surface area contributed by atoms with E-state index in [1.54, 1.807) is 48.5 Å². The molecule has 0 atom stereocenters. The van der Waals surface area contributed by atoms with Gasteiger partial charge in [-0.05, 0) is 48.5 Å². The van der Waals surface area contributed by atoms with Gasteiger partial charge in [-0.15, -0.1) is 11.8 Å². The van der Waals surface area contributed by atoms with Gasteiger partial charge in [-0.1, -0.05) is 29.8 Å². The number of halogens is 1. The van der Waals surface area contributed by atoms with Crippen LogP contribution in [0.5, 0.6) is 5.75 Å².